The van der Waals surface area contributed by atoms with E-state index >= 15 is 0 Å². The van der Waals surface area contributed by atoms with E-state index in [4.69, 9.17) is 23.2 Å². The smallest absolute Gasteiger partial charge is 0.147 e. The van der Waals surface area contributed by atoms with Gasteiger partial charge in [0, 0.05) is 18.9 Å². The maximum Gasteiger partial charge on any atom is 0.147 e. The second kappa shape index (κ2) is 7.48. The highest BCUT2D eigenvalue weighted by Crippen LogP contribution is 2.31. The zero-order valence-electron chi connectivity index (χ0n) is 12.0. The van der Waals surface area contributed by atoms with Crippen molar-refractivity contribution >= 4 is 34.8 Å². The molecule has 0 aliphatic heterocycles. The van der Waals surface area contributed by atoms with E-state index in [-0.39, 0.29) is 6.04 Å². The van der Waals surface area contributed by atoms with E-state index in [1.54, 1.807) is 18.5 Å². The summed E-state index contributed by atoms with van der Waals surface area (Å²) in [6.07, 6.45) is 4.52. The lowest BCUT2D eigenvalue weighted by atomic mass is 10.1. The molecule has 0 amide bonds. The van der Waals surface area contributed by atoms with Gasteiger partial charge in [-0.3, -0.25) is 4.98 Å². The van der Waals surface area contributed by atoms with E-state index in [9.17, 15) is 0 Å². The average molecular weight is 325 g/mol. The minimum atomic E-state index is 0.0678. The largest absolute Gasteiger partial charge is 0.369 e. The van der Waals surface area contributed by atoms with Gasteiger partial charge in [0.1, 0.15) is 11.6 Å². The minimum absolute atomic E-state index is 0.0678. The summed E-state index contributed by atoms with van der Waals surface area (Å²) in [5.41, 5.74) is 1.11. The third-order valence-electron chi connectivity index (χ3n) is 3.03. The summed E-state index contributed by atoms with van der Waals surface area (Å²) in [5.74, 6) is 1.26. The first-order valence-electron chi connectivity index (χ1n) is 6.88. The van der Waals surface area contributed by atoms with Crippen LogP contribution >= 0.6 is 23.2 Å². The van der Waals surface area contributed by atoms with Crippen molar-refractivity contribution in [1.82, 2.24) is 9.97 Å². The van der Waals surface area contributed by atoms with Gasteiger partial charge < -0.3 is 10.6 Å². The molecule has 112 valence electrons. The molecule has 0 saturated heterocycles. The maximum atomic E-state index is 6.22. The van der Waals surface area contributed by atoms with Crippen LogP contribution in [-0.4, -0.2) is 16.5 Å². The van der Waals surface area contributed by atoms with Crippen molar-refractivity contribution in [1.29, 1.82) is 0 Å². The number of anilines is 2. The van der Waals surface area contributed by atoms with Crippen molar-refractivity contribution < 1.29 is 0 Å². The molecule has 1 atom stereocenters. The molecule has 0 aliphatic rings. The fourth-order valence-electron chi connectivity index (χ4n) is 1.88. The van der Waals surface area contributed by atoms with Crippen LogP contribution < -0.4 is 10.6 Å². The zero-order chi connectivity index (χ0) is 15.2. The second-order valence-electron chi connectivity index (χ2n) is 4.72. The van der Waals surface area contributed by atoms with Crippen molar-refractivity contribution in [2.45, 2.75) is 26.3 Å². The first-order chi connectivity index (χ1) is 10.1. The van der Waals surface area contributed by atoms with E-state index in [1.807, 2.05) is 19.1 Å². The Bertz CT molecular complexity index is 590. The number of halogens is 2. The first kappa shape index (κ1) is 15.9. The molecule has 1 unspecified atom stereocenters. The quantitative estimate of drug-likeness (QED) is 0.802. The van der Waals surface area contributed by atoms with Crippen LogP contribution in [0, 0.1) is 0 Å². The Kier molecular flexibility index (Phi) is 5.65. The normalized spacial score (nSPS) is 12.0. The third-order valence-corrected chi connectivity index (χ3v) is 3.61. The lowest BCUT2D eigenvalue weighted by Gasteiger charge is -2.17. The summed E-state index contributed by atoms with van der Waals surface area (Å²) in [7, 11) is 0. The Balaban J connectivity index is 2.19. The Labute approximate surface area is 134 Å². The Morgan fingerprint density at radius 2 is 1.81 bits per heavy atom. The van der Waals surface area contributed by atoms with Crippen molar-refractivity contribution in [2.24, 2.45) is 0 Å². The number of rotatable bonds is 6. The van der Waals surface area contributed by atoms with Gasteiger partial charge >= 0.3 is 0 Å². The maximum absolute atomic E-state index is 6.22. The standard InChI is InChI=1S/C15H18Cl2N4/c1-3-6-19-14-12(16)9-13(17)15(21-14)20-10(2)11-4-7-18-8-5-11/h4-5,7-10H,3,6H2,1-2H3,(H2,19,20,21). The molecular weight excluding hydrogens is 307 g/mol. The number of aromatic nitrogens is 2. The fraction of sp³-hybridized carbons (Fsp3) is 0.333. The number of nitrogens with one attached hydrogen (secondary N) is 2. The number of hydrogen-bond donors (Lipinski definition) is 2. The molecule has 2 N–H and O–H groups in total. The highest BCUT2D eigenvalue weighted by Gasteiger charge is 2.12. The Morgan fingerprint density at radius 3 is 2.48 bits per heavy atom. The molecule has 6 heteroatoms. The molecule has 0 saturated carbocycles. The molecule has 2 heterocycles. The Morgan fingerprint density at radius 1 is 1.14 bits per heavy atom. The third kappa shape index (κ3) is 4.22. The minimum Gasteiger partial charge on any atom is -0.369 e. The number of hydrogen-bond acceptors (Lipinski definition) is 4. The highest BCUT2D eigenvalue weighted by molar-refractivity contribution is 6.37. The molecule has 0 fully saturated rings. The lowest BCUT2D eigenvalue weighted by Crippen LogP contribution is -2.10. The van der Waals surface area contributed by atoms with Gasteiger partial charge in [-0.25, -0.2) is 4.98 Å². The van der Waals surface area contributed by atoms with E-state index < -0.39 is 0 Å². The molecule has 0 aliphatic carbocycles. The van der Waals surface area contributed by atoms with Gasteiger partial charge in [-0.15, -0.1) is 0 Å². The van der Waals surface area contributed by atoms with Crippen LogP contribution in [0.25, 0.3) is 0 Å². The van der Waals surface area contributed by atoms with Crippen LogP contribution in [-0.2, 0) is 0 Å². The Hall–Kier alpha value is -1.52. The van der Waals surface area contributed by atoms with E-state index in [1.165, 1.54) is 0 Å². The van der Waals surface area contributed by atoms with Gasteiger partial charge in [-0.1, -0.05) is 30.1 Å². The van der Waals surface area contributed by atoms with Crippen LogP contribution in [0.5, 0.6) is 0 Å². The van der Waals surface area contributed by atoms with Gasteiger partial charge in [0.15, 0.2) is 0 Å². The molecule has 0 radical (unpaired) electrons. The molecular formula is C15H18Cl2N4. The van der Waals surface area contributed by atoms with Crippen molar-refractivity contribution in [3.8, 4) is 0 Å². The summed E-state index contributed by atoms with van der Waals surface area (Å²) < 4.78 is 0. The van der Waals surface area contributed by atoms with Crippen LogP contribution in [0.4, 0.5) is 11.6 Å². The number of nitrogens with zero attached hydrogens (tertiary/aromatic N) is 2. The molecule has 2 rings (SSSR count). The molecule has 21 heavy (non-hydrogen) atoms. The van der Waals surface area contributed by atoms with Gasteiger partial charge in [-0.05, 0) is 37.1 Å². The molecule has 0 aromatic carbocycles. The summed E-state index contributed by atoms with van der Waals surface area (Å²) in [6, 6.07) is 5.68. The fourth-order valence-corrected chi connectivity index (χ4v) is 2.36. The lowest BCUT2D eigenvalue weighted by molar-refractivity contribution is 0.870. The summed E-state index contributed by atoms with van der Waals surface area (Å²) >= 11 is 12.4. The highest BCUT2D eigenvalue weighted by atomic mass is 35.5. The predicted molar refractivity (Wildman–Crippen MR) is 89.3 cm³/mol. The first-order valence-corrected chi connectivity index (χ1v) is 7.63. The molecule has 2 aromatic rings. The molecule has 0 spiro atoms. The van der Waals surface area contributed by atoms with Gasteiger partial charge in [0.2, 0.25) is 0 Å². The summed E-state index contributed by atoms with van der Waals surface area (Å²) in [4.78, 5) is 8.49. The topological polar surface area (TPSA) is 49.8 Å². The summed E-state index contributed by atoms with van der Waals surface area (Å²) in [5, 5.41) is 7.52. The van der Waals surface area contributed by atoms with E-state index in [0.29, 0.717) is 21.7 Å². The average Bonchev–Trinajstić information content (AvgIpc) is 2.49. The number of pyridine rings is 2. The van der Waals surface area contributed by atoms with Crippen molar-refractivity contribution in [3.05, 3.63) is 46.2 Å². The van der Waals surface area contributed by atoms with Crippen LogP contribution in [0.1, 0.15) is 31.9 Å². The molecule has 0 bridgehead atoms. The van der Waals surface area contributed by atoms with Crippen molar-refractivity contribution in [2.75, 3.05) is 17.2 Å². The molecule has 2 aromatic heterocycles. The van der Waals surface area contributed by atoms with Gasteiger partial charge in [-0.2, -0.15) is 0 Å². The van der Waals surface area contributed by atoms with Crippen molar-refractivity contribution in [3.63, 3.8) is 0 Å². The summed E-state index contributed by atoms with van der Waals surface area (Å²) in [6.45, 7) is 4.94. The van der Waals surface area contributed by atoms with E-state index in [2.05, 4.69) is 27.5 Å². The monoisotopic (exact) mass is 324 g/mol. The second-order valence-corrected chi connectivity index (χ2v) is 5.54. The SMILES string of the molecule is CCCNc1nc(NC(C)c2ccncc2)c(Cl)cc1Cl. The van der Waals surface area contributed by atoms with Crippen LogP contribution in [0.15, 0.2) is 30.6 Å². The zero-order valence-corrected chi connectivity index (χ0v) is 13.5. The molecule has 4 nitrogen and oxygen atoms in total. The van der Waals surface area contributed by atoms with Gasteiger partial charge in [0.05, 0.1) is 16.1 Å². The van der Waals surface area contributed by atoms with Gasteiger partial charge in [0.25, 0.3) is 0 Å². The van der Waals surface area contributed by atoms with Crippen LogP contribution in [0.2, 0.25) is 10.0 Å². The van der Waals surface area contributed by atoms with E-state index in [0.717, 1.165) is 18.5 Å². The predicted octanol–water partition coefficient (Wildman–Crippen LogP) is 4.78. The van der Waals surface area contributed by atoms with Crippen LogP contribution in [0.3, 0.4) is 0 Å².